The van der Waals surface area contributed by atoms with Crippen molar-refractivity contribution >= 4 is 73.7 Å². The number of thioether (sulfide) groups is 1. The summed E-state index contributed by atoms with van der Waals surface area (Å²) in [7, 11) is 4.83. The fourth-order valence-corrected chi connectivity index (χ4v) is 6.00. The van der Waals surface area contributed by atoms with Crippen molar-refractivity contribution in [1.29, 1.82) is 0 Å². The van der Waals surface area contributed by atoms with E-state index in [1.165, 1.54) is 7.11 Å². The third-order valence-electron chi connectivity index (χ3n) is 5.93. The van der Waals surface area contributed by atoms with E-state index in [9.17, 15) is 9.59 Å². The normalized spacial score (nSPS) is 11.1. The number of aryl methyl sites for hydroxylation is 1. The number of esters is 1. The highest BCUT2D eigenvalue weighted by molar-refractivity contribution is 9.10. The van der Waals surface area contributed by atoms with Crippen LogP contribution in [-0.2, 0) is 17.7 Å². The molecule has 4 rings (SSSR count). The van der Waals surface area contributed by atoms with E-state index in [0.717, 1.165) is 43.6 Å². The summed E-state index contributed by atoms with van der Waals surface area (Å²) in [6, 6.07) is 19.1. The standard InChI is InChI=1S/C28H25BrCl2N2O3S/c1-32(2)27(34)19-7-4-18(5-8-19)16-33-25-14-20(13-22(29)21(25)15-26(33)28(35)36-3)37-11-10-17-6-9-23(30)24(31)12-17/h4-9,12-15H,10-11,16H2,1-3H3. The van der Waals surface area contributed by atoms with Crippen LogP contribution in [0.5, 0.6) is 0 Å². The van der Waals surface area contributed by atoms with Crippen molar-refractivity contribution in [2.45, 2.75) is 17.9 Å². The van der Waals surface area contributed by atoms with Crippen LogP contribution in [0.4, 0.5) is 0 Å². The molecule has 0 aliphatic carbocycles. The fraction of sp³-hybridized carbons (Fsp3) is 0.214. The van der Waals surface area contributed by atoms with Crippen LogP contribution in [0.25, 0.3) is 10.9 Å². The molecule has 5 nitrogen and oxygen atoms in total. The second-order valence-electron chi connectivity index (χ2n) is 8.69. The molecule has 1 aromatic heterocycles. The van der Waals surface area contributed by atoms with Crippen LogP contribution < -0.4 is 0 Å². The number of halogens is 3. The van der Waals surface area contributed by atoms with Gasteiger partial charge in [-0.2, -0.15) is 0 Å². The van der Waals surface area contributed by atoms with E-state index in [4.69, 9.17) is 27.9 Å². The van der Waals surface area contributed by atoms with Crippen molar-refractivity contribution in [2.24, 2.45) is 0 Å². The predicted molar refractivity (Wildman–Crippen MR) is 155 cm³/mol. The zero-order valence-corrected chi connectivity index (χ0v) is 24.5. The first-order valence-electron chi connectivity index (χ1n) is 11.5. The first-order valence-corrected chi connectivity index (χ1v) is 14.0. The molecule has 0 saturated heterocycles. The van der Waals surface area contributed by atoms with E-state index in [0.29, 0.717) is 27.8 Å². The van der Waals surface area contributed by atoms with Gasteiger partial charge >= 0.3 is 5.97 Å². The molecule has 3 aromatic carbocycles. The number of nitrogens with zero attached hydrogens (tertiary/aromatic N) is 2. The highest BCUT2D eigenvalue weighted by atomic mass is 79.9. The van der Waals surface area contributed by atoms with Gasteiger partial charge in [0.2, 0.25) is 0 Å². The van der Waals surface area contributed by atoms with E-state index in [-0.39, 0.29) is 5.91 Å². The van der Waals surface area contributed by atoms with Crippen molar-refractivity contribution in [3.63, 3.8) is 0 Å². The average molecular weight is 620 g/mol. The predicted octanol–water partition coefficient (Wildman–Crippen LogP) is 7.58. The van der Waals surface area contributed by atoms with Crippen LogP contribution in [0.2, 0.25) is 10.0 Å². The first-order chi connectivity index (χ1) is 17.7. The van der Waals surface area contributed by atoms with Crippen molar-refractivity contribution in [2.75, 3.05) is 27.0 Å². The largest absolute Gasteiger partial charge is 0.464 e. The number of hydrogen-bond donors (Lipinski definition) is 0. The summed E-state index contributed by atoms with van der Waals surface area (Å²) in [5.41, 5.74) is 4.08. The second-order valence-corrected chi connectivity index (χ2v) is 11.5. The summed E-state index contributed by atoms with van der Waals surface area (Å²) in [6.45, 7) is 0.453. The zero-order chi connectivity index (χ0) is 26.7. The number of methoxy groups -OCH3 is 1. The molecule has 37 heavy (non-hydrogen) atoms. The molecule has 0 aliphatic rings. The van der Waals surface area contributed by atoms with Gasteiger partial charge in [-0.25, -0.2) is 4.79 Å². The van der Waals surface area contributed by atoms with E-state index in [1.54, 1.807) is 42.9 Å². The van der Waals surface area contributed by atoms with Crippen LogP contribution in [0, 0.1) is 0 Å². The minimum atomic E-state index is -0.406. The SMILES string of the molecule is COC(=O)c1cc2c(Br)cc(SCCc3ccc(Cl)c(Cl)c3)cc2n1Cc1ccc(C(=O)N(C)C)cc1. The number of amides is 1. The van der Waals surface area contributed by atoms with Crippen LogP contribution >= 0.6 is 50.9 Å². The quantitative estimate of drug-likeness (QED) is 0.151. The van der Waals surface area contributed by atoms with Crippen molar-refractivity contribution in [3.05, 3.63) is 97.6 Å². The highest BCUT2D eigenvalue weighted by Gasteiger charge is 2.19. The Morgan fingerprint density at radius 2 is 1.68 bits per heavy atom. The summed E-state index contributed by atoms with van der Waals surface area (Å²) < 4.78 is 7.93. The number of fused-ring (bicyclic) bond motifs is 1. The van der Waals surface area contributed by atoms with Crippen molar-refractivity contribution < 1.29 is 14.3 Å². The van der Waals surface area contributed by atoms with Gasteiger partial charge in [0.1, 0.15) is 5.69 Å². The molecule has 4 aromatic rings. The Labute approximate surface area is 238 Å². The fourth-order valence-electron chi connectivity index (χ4n) is 3.99. The number of carbonyl (C=O) groups is 2. The lowest BCUT2D eigenvalue weighted by molar-refractivity contribution is 0.0589. The maximum Gasteiger partial charge on any atom is 0.354 e. The van der Waals surface area contributed by atoms with Gasteiger partial charge in [-0.15, -0.1) is 11.8 Å². The maximum atomic E-state index is 12.7. The van der Waals surface area contributed by atoms with E-state index in [2.05, 4.69) is 28.1 Å². The second kappa shape index (κ2) is 11.9. The Bertz CT molecular complexity index is 1470. The molecular formula is C28H25BrCl2N2O3S. The van der Waals surface area contributed by atoms with Gasteiger partial charge < -0.3 is 14.2 Å². The number of carbonyl (C=O) groups excluding carboxylic acids is 2. The van der Waals surface area contributed by atoms with E-state index >= 15 is 0 Å². The monoisotopic (exact) mass is 618 g/mol. The highest BCUT2D eigenvalue weighted by Crippen LogP contribution is 2.34. The Hall–Kier alpha value is -2.45. The first kappa shape index (κ1) is 27.6. The Morgan fingerprint density at radius 3 is 2.32 bits per heavy atom. The minimum Gasteiger partial charge on any atom is -0.464 e. The van der Waals surface area contributed by atoms with Crippen LogP contribution in [0.3, 0.4) is 0 Å². The number of aromatic nitrogens is 1. The third kappa shape index (κ3) is 6.34. The van der Waals surface area contributed by atoms with Crippen molar-refractivity contribution in [3.8, 4) is 0 Å². The summed E-state index contributed by atoms with van der Waals surface area (Å²) in [5.74, 6) is 0.387. The molecule has 0 atom stereocenters. The number of benzene rings is 3. The minimum absolute atomic E-state index is 0.0558. The number of rotatable bonds is 8. The van der Waals surface area contributed by atoms with Gasteiger partial charge in [0.05, 0.1) is 22.7 Å². The molecule has 0 spiro atoms. The van der Waals surface area contributed by atoms with E-state index < -0.39 is 5.97 Å². The molecule has 192 valence electrons. The molecule has 0 N–H and O–H groups in total. The Morgan fingerprint density at radius 1 is 0.973 bits per heavy atom. The Kier molecular flexibility index (Phi) is 8.90. The van der Waals surface area contributed by atoms with Crippen LogP contribution in [0.1, 0.15) is 32.0 Å². The molecule has 1 heterocycles. The van der Waals surface area contributed by atoms with Gasteiger partial charge in [0, 0.05) is 46.7 Å². The van der Waals surface area contributed by atoms with Gasteiger partial charge in [-0.3, -0.25) is 4.79 Å². The van der Waals surface area contributed by atoms with Gasteiger partial charge in [0.25, 0.3) is 5.91 Å². The lowest BCUT2D eigenvalue weighted by atomic mass is 10.1. The lowest BCUT2D eigenvalue weighted by Gasteiger charge is -2.13. The zero-order valence-electron chi connectivity index (χ0n) is 20.6. The molecular weight excluding hydrogens is 595 g/mol. The molecule has 0 aliphatic heterocycles. The number of ether oxygens (including phenoxy) is 1. The van der Waals surface area contributed by atoms with Gasteiger partial charge in [0.15, 0.2) is 0 Å². The summed E-state index contributed by atoms with van der Waals surface area (Å²) in [4.78, 5) is 27.5. The van der Waals surface area contributed by atoms with Crippen LogP contribution in [0.15, 0.2) is 70.0 Å². The molecule has 0 radical (unpaired) electrons. The summed E-state index contributed by atoms with van der Waals surface area (Å²) in [5, 5.41) is 2.03. The molecule has 0 fully saturated rings. The summed E-state index contributed by atoms with van der Waals surface area (Å²) in [6.07, 6.45) is 0.837. The average Bonchev–Trinajstić information content (AvgIpc) is 3.24. The third-order valence-corrected chi connectivity index (χ3v) is 8.30. The topological polar surface area (TPSA) is 51.5 Å². The molecule has 0 saturated carbocycles. The van der Waals surface area contributed by atoms with Crippen molar-refractivity contribution in [1.82, 2.24) is 9.47 Å². The van der Waals surface area contributed by atoms with E-state index in [1.807, 2.05) is 41.0 Å². The van der Waals surface area contributed by atoms with Gasteiger partial charge in [-0.05, 0) is 60.0 Å². The number of hydrogen-bond acceptors (Lipinski definition) is 4. The smallest absolute Gasteiger partial charge is 0.354 e. The maximum absolute atomic E-state index is 12.7. The molecule has 0 unspecified atom stereocenters. The van der Waals surface area contributed by atoms with Crippen LogP contribution in [-0.4, -0.2) is 48.3 Å². The lowest BCUT2D eigenvalue weighted by Crippen LogP contribution is -2.21. The summed E-state index contributed by atoms with van der Waals surface area (Å²) >= 11 is 17.6. The van der Waals surface area contributed by atoms with Gasteiger partial charge in [-0.1, -0.05) is 57.3 Å². The molecule has 0 bridgehead atoms. The molecule has 1 amide bonds. The Balaban J connectivity index is 1.62. The molecule has 9 heteroatoms.